The lowest BCUT2D eigenvalue weighted by atomic mass is 10.1. The van der Waals surface area contributed by atoms with Gasteiger partial charge >= 0.3 is 0 Å². The van der Waals surface area contributed by atoms with Crippen LogP contribution in [0.25, 0.3) is 0 Å². The van der Waals surface area contributed by atoms with E-state index in [0.717, 1.165) is 5.56 Å². The zero-order valence-corrected chi connectivity index (χ0v) is 12.3. The molecule has 0 aromatic heterocycles. The van der Waals surface area contributed by atoms with Crippen LogP contribution in [0.4, 0.5) is 5.69 Å². The van der Waals surface area contributed by atoms with E-state index in [9.17, 15) is 4.79 Å². The lowest BCUT2D eigenvalue weighted by Gasteiger charge is -2.12. The summed E-state index contributed by atoms with van der Waals surface area (Å²) in [7, 11) is 1.52. The van der Waals surface area contributed by atoms with Crippen molar-refractivity contribution in [2.45, 2.75) is 5.38 Å². The lowest BCUT2D eigenvalue weighted by Crippen LogP contribution is -2.17. The zero-order chi connectivity index (χ0) is 14.5. The van der Waals surface area contributed by atoms with E-state index in [-0.39, 0.29) is 5.91 Å². The molecule has 5 heteroatoms. The number of carbonyl (C=O) groups is 1. The quantitative estimate of drug-likeness (QED) is 0.857. The Morgan fingerprint density at radius 1 is 1.20 bits per heavy atom. The standard InChI is InChI=1S/C15H13Cl2NO2/c1-20-13-9-11(7-8-12(13)16)18-15(19)14(17)10-5-3-2-4-6-10/h2-9,14H,1H3,(H,18,19). The Morgan fingerprint density at radius 2 is 1.90 bits per heavy atom. The highest BCUT2D eigenvalue weighted by molar-refractivity contribution is 6.33. The number of carbonyl (C=O) groups excluding carboxylic acids is 1. The van der Waals surface area contributed by atoms with E-state index in [0.29, 0.717) is 16.5 Å². The molecule has 0 aliphatic heterocycles. The largest absolute Gasteiger partial charge is 0.495 e. The van der Waals surface area contributed by atoms with Gasteiger partial charge in [-0.2, -0.15) is 0 Å². The Hall–Kier alpha value is -1.71. The molecule has 0 radical (unpaired) electrons. The SMILES string of the molecule is COc1cc(NC(=O)C(Cl)c2ccccc2)ccc1Cl. The van der Waals surface area contributed by atoms with Crippen molar-refractivity contribution in [1.82, 2.24) is 0 Å². The molecular formula is C15H13Cl2NO2. The number of anilines is 1. The van der Waals surface area contributed by atoms with Crippen molar-refractivity contribution in [2.24, 2.45) is 0 Å². The molecule has 1 unspecified atom stereocenters. The second-order valence-corrected chi connectivity index (χ2v) is 4.96. The summed E-state index contributed by atoms with van der Waals surface area (Å²) in [6, 6.07) is 14.1. The van der Waals surface area contributed by atoms with Gasteiger partial charge in [0.05, 0.1) is 12.1 Å². The highest BCUT2D eigenvalue weighted by Gasteiger charge is 2.17. The Balaban J connectivity index is 2.12. The maximum atomic E-state index is 12.1. The second-order valence-electron chi connectivity index (χ2n) is 4.11. The smallest absolute Gasteiger partial charge is 0.246 e. The van der Waals surface area contributed by atoms with Crippen LogP contribution in [0.3, 0.4) is 0 Å². The number of alkyl halides is 1. The van der Waals surface area contributed by atoms with Gasteiger partial charge in [0.2, 0.25) is 5.91 Å². The molecule has 0 saturated carbocycles. The number of methoxy groups -OCH3 is 1. The van der Waals surface area contributed by atoms with Crippen LogP contribution in [0.2, 0.25) is 5.02 Å². The fourth-order valence-corrected chi connectivity index (χ4v) is 2.11. The monoisotopic (exact) mass is 309 g/mol. The molecule has 0 aliphatic rings. The van der Waals surface area contributed by atoms with Gasteiger partial charge in [-0.15, -0.1) is 11.6 Å². The molecule has 2 rings (SSSR count). The van der Waals surface area contributed by atoms with E-state index >= 15 is 0 Å². The van der Waals surface area contributed by atoms with Crippen molar-refractivity contribution in [3.05, 3.63) is 59.1 Å². The van der Waals surface area contributed by atoms with Crippen LogP contribution in [0.15, 0.2) is 48.5 Å². The van der Waals surface area contributed by atoms with Crippen LogP contribution in [-0.2, 0) is 4.79 Å². The van der Waals surface area contributed by atoms with E-state index in [2.05, 4.69) is 5.32 Å². The van der Waals surface area contributed by atoms with Crippen LogP contribution in [0.5, 0.6) is 5.75 Å². The summed E-state index contributed by atoms with van der Waals surface area (Å²) in [5.41, 5.74) is 1.32. The van der Waals surface area contributed by atoms with Crippen LogP contribution in [-0.4, -0.2) is 13.0 Å². The average molecular weight is 310 g/mol. The van der Waals surface area contributed by atoms with Crippen molar-refractivity contribution in [3.8, 4) is 5.75 Å². The van der Waals surface area contributed by atoms with Crippen molar-refractivity contribution in [3.63, 3.8) is 0 Å². The summed E-state index contributed by atoms with van der Waals surface area (Å²) in [5, 5.41) is 2.46. The Morgan fingerprint density at radius 3 is 2.55 bits per heavy atom. The summed E-state index contributed by atoms with van der Waals surface area (Å²) >= 11 is 12.1. The summed E-state index contributed by atoms with van der Waals surface area (Å²) in [4.78, 5) is 12.1. The Labute approximate surface area is 127 Å². The molecule has 0 saturated heterocycles. The molecule has 20 heavy (non-hydrogen) atoms. The number of rotatable bonds is 4. The van der Waals surface area contributed by atoms with Crippen LogP contribution in [0, 0.1) is 0 Å². The first-order valence-corrected chi connectivity index (χ1v) is 6.76. The van der Waals surface area contributed by atoms with Crippen LogP contribution < -0.4 is 10.1 Å². The van der Waals surface area contributed by atoms with Gasteiger partial charge in [-0.1, -0.05) is 41.9 Å². The summed E-state index contributed by atoms with van der Waals surface area (Å²) in [5.74, 6) is 0.192. The molecule has 0 aliphatic carbocycles. The lowest BCUT2D eigenvalue weighted by molar-refractivity contribution is -0.116. The number of hydrogen-bond acceptors (Lipinski definition) is 2. The van der Waals surface area contributed by atoms with E-state index in [4.69, 9.17) is 27.9 Å². The fourth-order valence-electron chi connectivity index (χ4n) is 1.72. The topological polar surface area (TPSA) is 38.3 Å². The number of hydrogen-bond donors (Lipinski definition) is 1. The third-order valence-corrected chi connectivity index (χ3v) is 3.50. The van der Waals surface area contributed by atoms with Gasteiger partial charge in [-0.3, -0.25) is 4.79 Å². The van der Waals surface area contributed by atoms with Gasteiger partial charge in [0.1, 0.15) is 11.1 Å². The third kappa shape index (κ3) is 3.44. The number of benzene rings is 2. The molecule has 1 amide bonds. The number of ether oxygens (including phenoxy) is 1. The van der Waals surface area contributed by atoms with Crippen molar-refractivity contribution in [1.29, 1.82) is 0 Å². The Kier molecular flexibility index (Phi) is 4.88. The normalized spacial score (nSPS) is 11.8. The Bertz CT molecular complexity index is 602. The molecule has 0 heterocycles. The van der Waals surface area contributed by atoms with Crippen molar-refractivity contribution >= 4 is 34.8 Å². The molecule has 2 aromatic rings. The van der Waals surface area contributed by atoms with Crippen LogP contribution in [0.1, 0.15) is 10.9 Å². The average Bonchev–Trinajstić information content (AvgIpc) is 2.49. The first-order valence-electron chi connectivity index (χ1n) is 5.95. The minimum Gasteiger partial charge on any atom is -0.495 e. The summed E-state index contributed by atoms with van der Waals surface area (Å²) in [6.45, 7) is 0. The van der Waals surface area contributed by atoms with Gasteiger partial charge in [-0.05, 0) is 17.7 Å². The van der Waals surface area contributed by atoms with Gasteiger partial charge in [-0.25, -0.2) is 0 Å². The minimum atomic E-state index is -0.752. The van der Waals surface area contributed by atoms with E-state index in [1.54, 1.807) is 30.3 Å². The molecule has 104 valence electrons. The molecular weight excluding hydrogens is 297 g/mol. The molecule has 0 fully saturated rings. The van der Waals surface area contributed by atoms with Crippen molar-refractivity contribution < 1.29 is 9.53 Å². The predicted octanol–water partition coefficient (Wildman–Crippen LogP) is 4.27. The van der Waals surface area contributed by atoms with Gasteiger partial charge in [0, 0.05) is 11.8 Å². The van der Waals surface area contributed by atoms with E-state index in [1.165, 1.54) is 7.11 Å². The first kappa shape index (κ1) is 14.7. The highest BCUT2D eigenvalue weighted by Crippen LogP contribution is 2.28. The van der Waals surface area contributed by atoms with Gasteiger partial charge in [0.15, 0.2) is 0 Å². The van der Waals surface area contributed by atoms with Gasteiger partial charge in [0.25, 0.3) is 0 Å². The van der Waals surface area contributed by atoms with Crippen LogP contribution >= 0.6 is 23.2 Å². The summed E-state index contributed by atoms with van der Waals surface area (Å²) in [6.07, 6.45) is 0. The maximum absolute atomic E-state index is 12.1. The minimum absolute atomic E-state index is 0.303. The number of halogens is 2. The molecule has 1 atom stereocenters. The molecule has 0 spiro atoms. The first-order chi connectivity index (χ1) is 9.61. The van der Waals surface area contributed by atoms with E-state index in [1.807, 2.05) is 18.2 Å². The molecule has 1 N–H and O–H groups in total. The second kappa shape index (κ2) is 6.64. The predicted molar refractivity (Wildman–Crippen MR) is 81.7 cm³/mol. The molecule has 0 bridgehead atoms. The fraction of sp³-hybridized carbons (Fsp3) is 0.133. The van der Waals surface area contributed by atoms with E-state index < -0.39 is 5.38 Å². The number of amides is 1. The summed E-state index contributed by atoms with van der Waals surface area (Å²) < 4.78 is 5.10. The van der Waals surface area contributed by atoms with Gasteiger partial charge < -0.3 is 10.1 Å². The maximum Gasteiger partial charge on any atom is 0.246 e. The molecule has 2 aromatic carbocycles. The van der Waals surface area contributed by atoms with Crippen molar-refractivity contribution in [2.75, 3.05) is 12.4 Å². The zero-order valence-electron chi connectivity index (χ0n) is 10.8. The highest BCUT2D eigenvalue weighted by atomic mass is 35.5. The molecule has 3 nitrogen and oxygen atoms in total. The third-order valence-electron chi connectivity index (χ3n) is 2.74. The number of nitrogens with one attached hydrogen (secondary N) is 1.